The second-order valence-corrected chi connectivity index (χ2v) is 8.20. The smallest absolute Gasteiger partial charge is 0.238 e. The van der Waals surface area contributed by atoms with Gasteiger partial charge in [-0.3, -0.25) is 14.5 Å². The lowest BCUT2D eigenvalue weighted by Crippen LogP contribution is -2.41. The van der Waals surface area contributed by atoms with Crippen LogP contribution < -0.4 is 5.32 Å². The predicted molar refractivity (Wildman–Crippen MR) is 123 cm³/mol. The van der Waals surface area contributed by atoms with Gasteiger partial charge in [0.25, 0.3) is 0 Å². The van der Waals surface area contributed by atoms with Crippen LogP contribution in [0.3, 0.4) is 0 Å². The van der Waals surface area contributed by atoms with Gasteiger partial charge in [0.15, 0.2) is 5.78 Å². The van der Waals surface area contributed by atoms with E-state index in [1.54, 1.807) is 18.2 Å². The molecule has 164 valence electrons. The number of hydrogen-bond acceptors (Lipinski definition) is 4. The molecule has 0 spiro atoms. The molecule has 2 heterocycles. The molecule has 6 nitrogen and oxygen atoms in total. The molecule has 0 unspecified atom stereocenters. The Bertz CT molecular complexity index is 1080. The Hall–Kier alpha value is -3.12. The van der Waals surface area contributed by atoms with Crippen molar-refractivity contribution in [3.63, 3.8) is 0 Å². The summed E-state index contributed by atoms with van der Waals surface area (Å²) >= 11 is 0. The molecular formula is C25H31N3O3. The Morgan fingerprint density at radius 3 is 2.55 bits per heavy atom. The molecule has 6 heteroatoms. The SMILES string of the molecule is Cc1cccc(NC(=O)CN(C)[C@H](C)C(=O)c2cc(C)n(Cc3ccco3)c2C)c1C. The monoisotopic (exact) mass is 421 g/mol. The lowest BCUT2D eigenvalue weighted by molar-refractivity contribution is -0.117. The summed E-state index contributed by atoms with van der Waals surface area (Å²) in [7, 11) is 1.80. The van der Waals surface area contributed by atoms with Crippen LogP contribution in [0.25, 0.3) is 0 Å². The Morgan fingerprint density at radius 2 is 1.87 bits per heavy atom. The molecule has 0 aliphatic carbocycles. The minimum atomic E-state index is -0.429. The van der Waals surface area contributed by atoms with E-state index in [2.05, 4.69) is 9.88 Å². The van der Waals surface area contributed by atoms with Crippen LogP contribution in [0.15, 0.2) is 47.1 Å². The van der Waals surface area contributed by atoms with Crippen molar-refractivity contribution < 1.29 is 14.0 Å². The number of benzene rings is 1. The predicted octanol–water partition coefficient (Wildman–Crippen LogP) is 4.50. The van der Waals surface area contributed by atoms with Crippen molar-refractivity contribution >= 4 is 17.4 Å². The van der Waals surface area contributed by atoms with Gasteiger partial charge in [-0.25, -0.2) is 0 Å². The highest BCUT2D eigenvalue weighted by atomic mass is 16.3. The van der Waals surface area contributed by atoms with Gasteiger partial charge in [0.05, 0.1) is 25.4 Å². The highest BCUT2D eigenvalue weighted by Gasteiger charge is 2.25. The summed E-state index contributed by atoms with van der Waals surface area (Å²) in [6, 6.07) is 11.1. The Balaban J connectivity index is 1.68. The van der Waals surface area contributed by atoms with Gasteiger partial charge in [-0.15, -0.1) is 0 Å². The first-order valence-corrected chi connectivity index (χ1v) is 10.5. The van der Waals surface area contributed by atoms with Crippen molar-refractivity contribution in [1.29, 1.82) is 0 Å². The molecule has 0 aliphatic heterocycles. The molecule has 0 saturated heterocycles. The third-order valence-electron chi connectivity index (χ3n) is 6.05. The summed E-state index contributed by atoms with van der Waals surface area (Å²) in [4.78, 5) is 27.6. The fourth-order valence-corrected chi connectivity index (χ4v) is 3.72. The van der Waals surface area contributed by atoms with Gasteiger partial charge < -0.3 is 14.3 Å². The molecule has 0 radical (unpaired) electrons. The molecule has 3 aromatic rings. The van der Waals surface area contributed by atoms with E-state index in [1.807, 2.05) is 71.0 Å². The topological polar surface area (TPSA) is 67.5 Å². The Labute approximate surface area is 183 Å². The van der Waals surface area contributed by atoms with Gasteiger partial charge in [-0.2, -0.15) is 0 Å². The first-order valence-electron chi connectivity index (χ1n) is 10.5. The van der Waals surface area contributed by atoms with E-state index in [1.165, 1.54) is 0 Å². The van der Waals surface area contributed by atoms with E-state index in [4.69, 9.17) is 4.42 Å². The van der Waals surface area contributed by atoms with Gasteiger partial charge in [0.2, 0.25) is 5.91 Å². The van der Waals surface area contributed by atoms with Crippen molar-refractivity contribution in [2.24, 2.45) is 0 Å². The third-order valence-corrected chi connectivity index (χ3v) is 6.05. The van der Waals surface area contributed by atoms with Crippen molar-refractivity contribution in [1.82, 2.24) is 9.47 Å². The molecule has 1 aromatic carbocycles. The standard InChI is InChI=1S/C25H31N3O3/c1-16-9-7-11-23(18(16)3)26-24(29)15-27(6)20(5)25(30)22-13-17(2)28(19(22)4)14-21-10-8-12-31-21/h7-13,20H,14-15H2,1-6H3,(H,26,29)/t20-/m1/s1. The average Bonchev–Trinajstić information content (AvgIpc) is 3.34. The third kappa shape index (κ3) is 4.97. The summed E-state index contributed by atoms with van der Waals surface area (Å²) in [6.07, 6.45) is 1.65. The molecule has 1 N–H and O–H groups in total. The van der Waals surface area contributed by atoms with Crippen LogP contribution in [-0.2, 0) is 11.3 Å². The molecule has 31 heavy (non-hydrogen) atoms. The normalized spacial score (nSPS) is 12.2. The van der Waals surface area contributed by atoms with E-state index >= 15 is 0 Å². The number of carbonyl (C=O) groups excluding carboxylic acids is 2. The van der Waals surface area contributed by atoms with E-state index in [0.717, 1.165) is 34.0 Å². The second kappa shape index (κ2) is 9.35. The number of likely N-dealkylation sites (N-methyl/N-ethyl adjacent to an activating group) is 1. The first kappa shape index (κ1) is 22.6. The van der Waals surface area contributed by atoms with E-state index < -0.39 is 6.04 Å². The highest BCUT2D eigenvalue weighted by Crippen LogP contribution is 2.21. The summed E-state index contributed by atoms with van der Waals surface area (Å²) in [5, 5.41) is 2.96. The van der Waals surface area contributed by atoms with E-state index in [9.17, 15) is 9.59 Å². The summed E-state index contributed by atoms with van der Waals surface area (Å²) in [6.45, 7) is 10.5. The number of carbonyl (C=O) groups is 2. The number of amides is 1. The van der Waals surface area contributed by atoms with Crippen molar-refractivity contribution in [2.45, 2.75) is 47.2 Å². The maximum Gasteiger partial charge on any atom is 0.238 e. The lowest BCUT2D eigenvalue weighted by Gasteiger charge is -2.23. The molecule has 2 aromatic heterocycles. The number of furan rings is 1. The highest BCUT2D eigenvalue weighted by molar-refractivity contribution is 6.01. The number of ketones is 1. The minimum Gasteiger partial charge on any atom is -0.467 e. The summed E-state index contributed by atoms with van der Waals surface area (Å²) < 4.78 is 7.53. The van der Waals surface area contributed by atoms with Crippen molar-refractivity contribution in [2.75, 3.05) is 18.9 Å². The molecule has 1 amide bonds. The average molecular weight is 422 g/mol. The van der Waals surface area contributed by atoms with Gasteiger partial charge in [0.1, 0.15) is 5.76 Å². The molecular weight excluding hydrogens is 390 g/mol. The zero-order chi connectivity index (χ0) is 22.7. The van der Waals surface area contributed by atoms with Crippen LogP contribution in [0.5, 0.6) is 0 Å². The fraction of sp³-hybridized carbons (Fsp3) is 0.360. The van der Waals surface area contributed by atoms with Crippen LogP contribution in [0.2, 0.25) is 0 Å². The number of rotatable bonds is 8. The largest absolute Gasteiger partial charge is 0.467 e. The van der Waals surface area contributed by atoms with Crippen LogP contribution in [0, 0.1) is 27.7 Å². The summed E-state index contributed by atoms with van der Waals surface area (Å²) in [5.41, 5.74) is 5.56. The molecule has 0 fully saturated rings. The quantitative estimate of drug-likeness (QED) is 0.544. The van der Waals surface area contributed by atoms with Crippen molar-refractivity contribution in [3.8, 4) is 0 Å². The van der Waals surface area contributed by atoms with Crippen LogP contribution >= 0.6 is 0 Å². The Morgan fingerprint density at radius 1 is 1.13 bits per heavy atom. The molecule has 0 bridgehead atoms. The van der Waals surface area contributed by atoms with Crippen LogP contribution in [-0.4, -0.2) is 40.8 Å². The number of nitrogens with one attached hydrogen (secondary N) is 1. The maximum atomic E-state index is 13.2. The fourth-order valence-electron chi connectivity index (χ4n) is 3.72. The van der Waals surface area contributed by atoms with E-state index in [0.29, 0.717) is 12.1 Å². The zero-order valence-corrected chi connectivity index (χ0v) is 19.2. The van der Waals surface area contributed by atoms with Gasteiger partial charge in [0, 0.05) is 22.6 Å². The summed E-state index contributed by atoms with van der Waals surface area (Å²) in [5.74, 6) is 0.703. The van der Waals surface area contributed by atoms with Crippen LogP contribution in [0.4, 0.5) is 5.69 Å². The number of nitrogens with zero attached hydrogens (tertiary/aromatic N) is 2. The zero-order valence-electron chi connectivity index (χ0n) is 19.2. The molecule has 1 atom stereocenters. The van der Waals surface area contributed by atoms with Crippen LogP contribution in [0.1, 0.15) is 45.6 Å². The number of anilines is 1. The number of aryl methyl sites for hydroxylation is 2. The van der Waals surface area contributed by atoms with Crippen molar-refractivity contribution in [3.05, 3.63) is 76.5 Å². The lowest BCUT2D eigenvalue weighted by atomic mass is 10.0. The molecule has 0 saturated carbocycles. The van der Waals surface area contributed by atoms with Gasteiger partial charge in [-0.1, -0.05) is 12.1 Å². The van der Waals surface area contributed by atoms with Gasteiger partial charge >= 0.3 is 0 Å². The minimum absolute atomic E-state index is 0.000769. The number of Topliss-reactive ketones (excluding diaryl/α,β-unsaturated/α-hetero) is 1. The molecule has 3 rings (SSSR count). The Kier molecular flexibility index (Phi) is 6.81. The first-order chi connectivity index (χ1) is 14.7. The number of hydrogen-bond donors (Lipinski definition) is 1. The van der Waals surface area contributed by atoms with Gasteiger partial charge in [-0.05, 0) is 77.1 Å². The number of aromatic nitrogens is 1. The maximum absolute atomic E-state index is 13.2. The second-order valence-electron chi connectivity index (χ2n) is 8.20. The van der Waals surface area contributed by atoms with E-state index in [-0.39, 0.29) is 18.2 Å². The molecule has 0 aliphatic rings.